The van der Waals surface area contributed by atoms with Gasteiger partial charge in [0.05, 0.1) is 12.9 Å². The summed E-state index contributed by atoms with van der Waals surface area (Å²) in [4.78, 5) is 0. The minimum absolute atomic E-state index is 0.0587. The maximum Gasteiger partial charge on any atom is 0.265 e. The molecule has 0 saturated heterocycles. The van der Waals surface area contributed by atoms with Crippen LogP contribution in [0.1, 0.15) is 24.1 Å². The molecule has 2 unspecified atom stereocenters. The van der Waals surface area contributed by atoms with Crippen LogP contribution in [-0.2, 0) is 16.5 Å². The minimum Gasteiger partial charge on any atom is -0.497 e. The van der Waals surface area contributed by atoms with Gasteiger partial charge in [0.25, 0.3) is 10.1 Å². The lowest BCUT2D eigenvalue weighted by atomic mass is 9.88. The Balaban J connectivity index is 2.27. The first-order valence-corrected chi connectivity index (χ1v) is 7.87. The fourth-order valence-electron chi connectivity index (χ4n) is 2.64. The van der Waals surface area contributed by atoms with Gasteiger partial charge in [-0.25, -0.2) is 0 Å². The van der Waals surface area contributed by atoms with Crippen LogP contribution in [0.15, 0.2) is 18.2 Å². The molecule has 1 heterocycles. The average molecular weight is 285 g/mol. The van der Waals surface area contributed by atoms with E-state index in [1.807, 2.05) is 25.1 Å². The van der Waals surface area contributed by atoms with Gasteiger partial charge in [-0.2, -0.15) is 8.42 Å². The molecule has 0 aromatic heterocycles. The first-order valence-electron chi connectivity index (χ1n) is 6.26. The summed E-state index contributed by atoms with van der Waals surface area (Å²) >= 11 is 0. The van der Waals surface area contributed by atoms with Gasteiger partial charge in [0, 0.05) is 6.04 Å². The summed E-state index contributed by atoms with van der Waals surface area (Å²) in [6, 6.07) is 5.77. The van der Waals surface area contributed by atoms with Crippen LogP contribution in [0.5, 0.6) is 5.75 Å². The van der Waals surface area contributed by atoms with Crippen LogP contribution in [0.3, 0.4) is 0 Å². The van der Waals surface area contributed by atoms with Gasteiger partial charge in [-0.1, -0.05) is 13.0 Å². The van der Waals surface area contributed by atoms with E-state index in [1.54, 1.807) is 7.11 Å². The van der Waals surface area contributed by atoms with E-state index in [4.69, 9.17) is 9.29 Å². The molecule has 2 atom stereocenters. The highest BCUT2D eigenvalue weighted by Crippen LogP contribution is 2.31. The van der Waals surface area contributed by atoms with Crippen molar-refractivity contribution in [1.29, 1.82) is 0 Å². The Hall–Kier alpha value is -1.11. The fourth-order valence-corrected chi connectivity index (χ4v) is 3.49. The summed E-state index contributed by atoms with van der Waals surface area (Å²) < 4.78 is 36.2. The Morgan fingerprint density at radius 2 is 2.26 bits per heavy atom. The molecule has 1 aromatic rings. The largest absolute Gasteiger partial charge is 0.497 e. The molecule has 1 aliphatic rings. The predicted octanol–water partition coefficient (Wildman–Crippen LogP) is 1.41. The van der Waals surface area contributed by atoms with E-state index in [2.05, 4.69) is 5.32 Å². The average Bonchev–Trinajstić information content (AvgIpc) is 2.35. The molecule has 0 bridgehead atoms. The number of nitrogens with one attached hydrogen (secondary N) is 1. The molecular formula is C13H19NO4S. The third-order valence-electron chi connectivity index (χ3n) is 3.49. The first kappa shape index (κ1) is 14.3. The lowest BCUT2D eigenvalue weighted by molar-refractivity contribution is 0.379. The summed E-state index contributed by atoms with van der Waals surface area (Å²) in [5.74, 6) is 0.375. The minimum atomic E-state index is -3.95. The SMILES string of the molecule is COc1ccc2c(c1)CCNC2C(C)CS(=O)(=O)O. The molecule has 6 heteroatoms. The molecule has 106 valence electrons. The topological polar surface area (TPSA) is 75.6 Å². The Kier molecular flexibility index (Phi) is 4.13. The van der Waals surface area contributed by atoms with E-state index >= 15 is 0 Å². The maximum absolute atomic E-state index is 11.0. The smallest absolute Gasteiger partial charge is 0.265 e. The van der Waals surface area contributed by atoms with Gasteiger partial charge in [0.15, 0.2) is 0 Å². The molecule has 1 aliphatic heterocycles. The van der Waals surface area contributed by atoms with Crippen molar-refractivity contribution < 1.29 is 17.7 Å². The van der Waals surface area contributed by atoms with Gasteiger partial charge < -0.3 is 10.1 Å². The van der Waals surface area contributed by atoms with Crippen LogP contribution in [-0.4, -0.2) is 32.4 Å². The van der Waals surface area contributed by atoms with E-state index < -0.39 is 10.1 Å². The zero-order valence-electron chi connectivity index (χ0n) is 11.1. The molecule has 0 amide bonds. The third-order valence-corrected chi connectivity index (χ3v) is 4.43. The van der Waals surface area contributed by atoms with Crippen molar-refractivity contribution in [3.8, 4) is 5.75 Å². The van der Waals surface area contributed by atoms with Crippen molar-refractivity contribution in [3.63, 3.8) is 0 Å². The Bertz CT molecular complexity index is 556. The molecule has 0 spiro atoms. The zero-order valence-corrected chi connectivity index (χ0v) is 11.9. The van der Waals surface area contributed by atoms with Gasteiger partial charge in [-0.3, -0.25) is 4.55 Å². The van der Waals surface area contributed by atoms with Gasteiger partial charge in [0.1, 0.15) is 5.75 Å². The van der Waals surface area contributed by atoms with Crippen LogP contribution >= 0.6 is 0 Å². The number of rotatable bonds is 4. The maximum atomic E-state index is 11.0. The molecule has 0 aliphatic carbocycles. The van der Waals surface area contributed by atoms with Gasteiger partial charge in [-0.15, -0.1) is 0 Å². The summed E-state index contributed by atoms with van der Waals surface area (Å²) in [5.41, 5.74) is 2.26. The van der Waals surface area contributed by atoms with E-state index in [9.17, 15) is 8.42 Å². The van der Waals surface area contributed by atoms with Crippen molar-refractivity contribution in [2.24, 2.45) is 5.92 Å². The van der Waals surface area contributed by atoms with Gasteiger partial charge in [-0.05, 0) is 42.1 Å². The molecule has 5 nitrogen and oxygen atoms in total. The standard InChI is InChI=1S/C13H19NO4S/c1-9(8-19(15,16)17)13-12-4-3-11(18-2)7-10(12)5-6-14-13/h3-4,7,9,13-14H,5-6,8H2,1-2H3,(H,15,16,17). The van der Waals surface area contributed by atoms with Crippen LogP contribution in [0.4, 0.5) is 0 Å². The molecule has 0 radical (unpaired) electrons. The summed E-state index contributed by atoms with van der Waals surface area (Å²) in [6.07, 6.45) is 0.891. The van der Waals surface area contributed by atoms with Gasteiger partial charge >= 0.3 is 0 Å². The summed E-state index contributed by atoms with van der Waals surface area (Å²) in [7, 11) is -2.33. The number of benzene rings is 1. The normalized spacial score (nSPS) is 20.7. The van der Waals surface area contributed by atoms with E-state index in [0.717, 1.165) is 24.3 Å². The van der Waals surface area contributed by atoms with E-state index in [0.29, 0.717) is 0 Å². The Morgan fingerprint density at radius 1 is 1.53 bits per heavy atom. The third kappa shape index (κ3) is 3.46. The second kappa shape index (κ2) is 5.48. The zero-order chi connectivity index (χ0) is 14.0. The van der Waals surface area contributed by atoms with Crippen LogP contribution in [0.2, 0.25) is 0 Å². The number of fused-ring (bicyclic) bond motifs is 1. The molecule has 0 fully saturated rings. The lowest BCUT2D eigenvalue weighted by Crippen LogP contribution is -2.36. The van der Waals surface area contributed by atoms with Crippen LogP contribution < -0.4 is 10.1 Å². The van der Waals surface area contributed by atoms with Crippen molar-refractivity contribution in [2.45, 2.75) is 19.4 Å². The van der Waals surface area contributed by atoms with Gasteiger partial charge in [0.2, 0.25) is 0 Å². The number of hydrogen-bond donors (Lipinski definition) is 2. The van der Waals surface area contributed by atoms with Crippen molar-refractivity contribution in [3.05, 3.63) is 29.3 Å². The Morgan fingerprint density at radius 3 is 2.89 bits per heavy atom. The molecule has 19 heavy (non-hydrogen) atoms. The number of hydrogen-bond acceptors (Lipinski definition) is 4. The molecular weight excluding hydrogens is 266 g/mol. The number of methoxy groups -OCH3 is 1. The van der Waals surface area contributed by atoms with Crippen molar-refractivity contribution in [1.82, 2.24) is 5.32 Å². The molecule has 1 aromatic carbocycles. The quantitative estimate of drug-likeness (QED) is 0.818. The first-order chi connectivity index (χ1) is 8.90. The van der Waals surface area contributed by atoms with Crippen LogP contribution in [0, 0.1) is 5.92 Å². The Labute approximate surface area is 113 Å². The molecule has 2 N–H and O–H groups in total. The van der Waals surface area contributed by atoms with Crippen LogP contribution in [0.25, 0.3) is 0 Å². The highest BCUT2D eigenvalue weighted by Gasteiger charge is 2.27. The van der Waals surface area contributed by atoms with E-state index in [-0.39, 0.29) is 17.7 Å². The predicted molar refractivity (Wildman–Crippen MR) is 73.0 cm³/mol. The second-order valence-electron chi connectivity index (χ2n) is 4.97. The monoisotopic (exact) mass is 285 g/mol. The highest BCUT2D eigenvalue weighted by atomic mass is 32.2. The summed E-state index contributed by atoms with van der Waals surface area (Å²) in [5, 5.41) is 3.32. The lowest BCUT2D eigenvalue weighted by Gasteiger charge is -2.31. The molecule has 0 saturated carbocycles. The molecule has 2 rings (SSSR count). The highest BCUT2D eigenvalue weighted by molar-refractivity contribution is 7.85. The fraction of sp³-hybridized carbons (Fsp3) is 0.538. The van der Waals surface area contributed by atoms with Crippen molar-refractivity contribution in [2.75, 3.05) is 19.4 Å². The van der Waals surface area contributed by atoms with Crippen molar-refractivity contribution >= 4 is 10.1 Å². The second-order valence-corrected chi connectivity index (χ2v) is 6.47. The summed E-state index contributed by atoms with van der Waals surface area (Å²) in [6.45, 7) is 2.62. The van der Waals surface area contributed by atoms with E-state index in [1.165, 1.54) is 5.56 Å². The number of ether oxygens (including phenoxy) is 1.